The number of fused-ring (bicyclic) bond motifs is 10. The summed E-state index contributed by atoms with van der Waals surface area (Å²) in [6.45, 7) is 0. The molecule has 1 nitrogen and oxygen atoms in total. The van der Waals surface area contributed by atoms with Crippen LogP contribution in [0.1, 0.15) is 22.3 Å². The van der Waals surface area contributed by atoms with Gasteiger partial charge in [0.25, 0.3) is 0 Å². The van der Waals surface area contributed by atoms with E-state index in [1.807, 2.05) is 0 Å². The normalized spacial score (nSPS) is 14.4. The van der Waals surface area contributed by atoms with Gasteiger partial charge >= 0.3 is 0 Å². The Morgan fingerprint density at radius 3 is 1.45 bits per heavy atom. The molecule has 12 aromatic carbocycles. The van der Waals surface area contributed by atoms with Crippen molar-refractivity contribution in [3.05, 3.63) is 271 Å². The highest BCUT2D eigenvalue weighted by Gasteiger charge is 2.49. The van der Waals surface area contributed by atoms with E-state index in [4.69, 9.17) is 0 Å². The van der Waals surface area contributed by atoms with Gasteiger partial charge in [-0.05, 0) is 135 Å². The highest BCUT2D eigenvalue weighted by atomic mass is 15.1. The van der Waals surface area contributed by atoms with Crippen LogP contribution < -0.4 is 4.90 Å². The van der Waals surface area contributed by atoms with Crippen molar-refractivity contribution in [3.8, 4) is 44.5 Å². The summed E-state index contributed by atoms with van der Waals surface area (Å²) in [6.07, 6.45) is 0. The van der Waals surface area contributed by atoms with E-state index in [1.54, 1.807) is 0 Å². The Morgan fingerprint density at radius 1 is 0.258 bits per heavy atom. The third-order valence-electron chi connectivity index (χ3n) is 14.6. The fourth-order valence-corrected chi connectivity index (χ4v) is 11.8. The molecule has 0 aliphatic heterocycles. The van der Waals surface area contributed by atoms with E-state index >= 15 is 0 Å². The Balaban J connectivity index is 1.15. The molecule has 1 heteroatoms. The summed E-state index contributed by atoms with van der Waals surface area (Å²) in [5.74, 6) is 0. The van der Waals surface area contributed by atoms with E-state index in [9.17, 15) is 0 Å². The molecule has 0 bridgehead atoms. The van der Waals surface area contributed by atoms with Crippen molar-refractivity contribution in [1.29, 1.82) is 0 Å². The van der Waals surface area contributed by atoms with E-state index < -0.39 is 5.41 Å². The first-order valence-corrected chi connectivity index (χ1v) is 23.0. The van der Waals surface area contributed by atoms with Crippen molar-refractivity contribution in [2.45, 2.75) is 5.41 Å². The van der Waals surface area contributed by atoms with Crippen molar-refractivity contribution in [2.75, 3.05) is 4.90 Å². The lowest BCUT2D eigenvalue weighted by Gasteiger charge is -2.46. The lowest BCUT2D eigenvalue weighted by atomic mass is 9.55. The van der Waals surface area contributed by atoms with E-state index in [0.29, 0.717) is 0 Å². The zero-order valence-electron chi connectivity index (χ0n) is 36.1. The fourth-order valence-electron chi connectivity index (χ4n) is 11.8. The van der Waals surface area contributed by atoms with Gasteiger partial charge in [0.05, 0.1) is 16.8 Å². The third-order valence-corrected chi connectivity index (χ3v) is 14.6. The molecule has 306 valence electrons. The number of anilines is 3. The second kappa shape index (κ2) is 14.2. The molecule has 0 aromatic heterocycles. The molecule has 14 rings (SSSR count). The number of hydrogen-bond donors (Lipinski definition) is 0. The third kappa shape index (κ3) is 5.23. The van der Waals surface area contributed by atoms with Gasteiger partial charge in [0, 0.05) is 16.6 Å². The Bertz CT molecular complexity index is 3910. The monoisotopic (exact) mass is 835 g/mol. The Labute approximate surface area is 384 Å². The van der Waals surface area contributed by atoms with Gasteiger partial charge in [-0.25, -0.2) is 0 Å². The molecule has 0 fully saturated rings. The minimum atomic E-state index is -0.677. The van der Waals surface area contributed by atoms with Gasteiger partial charge in [-0.3, -0.25) is 0 Å². The van der Waals surface area contributed by atoms with Crippen LogP contribution in [0.25, 0.3) is 87.6 Å². The molecule has 1 atom stereocenters. The first kappa shape index (κ1) is 36.9. The standard InChI is InChI=1S/C65H41N/c1-3-16-42(17-4-1)49-34-36-52-54-29-11-24-45-26-13-31-57(63(45)54)65(59(52)39-49)58-32-14-27-46-25-12-30-55(64(46)58)53-37-35-50(41-60(53)65)66(61-33-15-23-43-20-9-10-28-51(43)61)62-40-48-22-8-7-21-47(48)38-56(62)44-18-5-2-6-19-44/h1-41H. The van der Waals surface area contributed by atoms with E-state index in [1.165, 1.54) is 110 Å². The molecule has 2 aliphatic rings. The van der Waals surface area contributed by atoms with Crippen LogP contribution in [0.5, 0.6) is 0 Å². The van der Waals surface area contributed by atoms with Gasteiger partial charge in [0.1, 0.15) is 0 Å². The molecule has 0 heterocycles. The molecule has 12 aromatic rings. The van der Waals surface area contributed by atoms with Gasteiger partial charge in [-0.1, -0.05) is 212 Å². The molecule has 0 amide bonds. The molecule has 2 aliphatic carbocycles. The number of nitrogens with zero attached hydrogens (tertiary/aromatic N) is 1. The van der Waals surface area contributed by atoms with Crippen LogP contribution in [0.4, 0.5) is 17.1 Å². The smallest absolute Gasteiger partial charge is 0.0726 e. The summed E-state index contributed by atoms with van der Waals surface area (Å²) >= 11 is 0. The molecule has 1 spiro atoms. The second-order valence-electron chi connectivity index (χ2n) is 17.9. The van der Waals surface area contributed by atoms with Gasteiger partial charge in [0.2, 0.25) is 0 Å². The highest BCUT2D eigenvalue weighted by molar-refractivity contribution is 6.12. The van der Waals surface area contributed by atoms with Crippen LogP contribution in [0.3, 0.4) is 0 Å². The summed E-state index contributed by atoms with van der Waals surface area (Å²) in [4.78, 5) is 2.55. The Hall–Kier alpha value is -8.52. The van der Waals surface area contributed by atoms with Crippen molar-refractivity contribution in [3.63, 3.8) is 0 Å². The van der Waals surface area contributed by atoms with Crippen LogP contribution in [-0.2, 0) is 5.41 Å². The Kier molecular flexibility index (Phi) is 7.97. The number of benzene rings is 12. The molecule has 0 N–H and O–H groups in total. The molecule has 1 unspecified atom stereocenters. The lowest BCUT2D eigenvalue weighted by Crippen LogP contribution is -2.36. The largest absolute Gasteiger partial charge is 0.309 e. The molecule has 0 saturated heterocycles. The minimum Gasteiger partial charge on any atom is -0.309 e. The predicted molar refractivity (Wildman–Crippen MR) is 278 cm³/mol. The van der Waals surface area contributed by atoms with Crippen LogP contribution in [-0.4, -0.2) is 0 Å². The van der Waals surface area contributed by atoms with Crippen LogP contribution in [0.2, 0.25) is 0 Å². The van der Waals surface area contributed by atoms with Gasteiger partial charge in [-0.15, -0.1) is 0 Å². The van der Waals surface area contributed by atoms with Crippen molar-refractivity contribution in [1.82, 2.24) is 0 Å². The van der Waals surface area contributed by atoms with Crippen molar-refractivity contribution in [2.24, 2.45) is 0 Å². The maximum atomic E-state index is 2.56. The van der Waals surface area contributed by atoms with E-state index in [0.717, 1.165) is 17.1 Å². The van der Waals surface area contributed by atoms with E-state index in [2.05, 4.69) is 254 Å². The Morgan fingerprint density at radius 2 is 0.773 bits per heavy atom. The average molecular weight is 836 g/mol. The van der Waals surface area contributed by atoms with Gasteiger partial charge in [-0.2, -0.15) is 0 Å². The molecular weight excluding hydrogens is 795 g/mol. The first-order valence-electron chi connectivity index (χ1n) is 23.0. The summed E-state index contributed by atoms with van der Waals surface area (Å²) in [5, 5.41) is 9.97. The van der Waals surface area contributed by atoms with E-state index in [-0.39, 0.29) is 0 Å². The molecule has 0 radical (unpaired) electrons. The van der Waals surface area contributed by atoms with Crippen LogP contribution in [0.15, 0.2) is 249 Å². The summed E-state index contributed by atoms with van der Waals surface area (Å²) < 4.78 is 0. The maximum Gasteiger partial charge on any atom is 0.0726 e. The summed E-state index contributed by atoms with van der Waals surface area (Å²) in [7, 11) is 0. The van der Waals surface area contributed by atoms with Crippen LogP contribution in [0, 0.1) is 0 Å². The zero-order chi connectivity index (χ0) is 43.3. The lowest BCUT2D eigenvalue weighted by molar-refractivity contribution is 0.755. The predicted octanol–water partition coefficient (Wildman–Crippen LogP) is 17.4. The second-order valence-corrected chi connectivity index (χ2v) is 17.9. The quantitative estimate of drug-likeness (QED) is 0.167. The topological polar surface area (TPSA) is 3.24 Å². The molecular formula is C65H41N. The SMILES string of the molecule is c1ccc(-c2ccc3c(c2)C2(c4cc(N(c5cc6ccccc6cc5-c5ccccc5)c5cccc6ccccc56)ccc4-c4cccc5cccc2c45)c2cccc4cccc-3c24)cc1. The fraction of sp³-hybridized carbons (Fsp3) is 0.0154. The maximum absolute atomic E-state index is 2.56. The zero-order valence-corrected chi connectivity index (χ0v) is 36.1. The molecule has 0 saturated carbocycles. The van der Waals surface area contributed by atoms with Gasteiger partial charge < -0.3 is 4.90 Å². The number of rotatable bonds is 5. The summed E-state index contributed by atoms with van der Waals surface area (Å²) in [5.41, 5.74) is 17.8. The van der Waals surface area contributed by atoms with Crippen LogP contribution >= 0.6 is 0 Å². The first-order chi connectivity index (χ1) is 32.7. The molecule has 66 heavy (non-hydrogen) atoms. The average Bonchev–Trinajstić information content (AvgIpc) is 3.39. The summed E-state index contributed by atoms with van der Waals surface area (Å²) in [6, 6.07) is 93.3. The van der Waals surface area contributed by atoms with Crippen molar-refractivity contribution >= 4 is 60.2 Å². The highest BCUT2D eigenvalue weighted by Crippen LogP contribution is 2.62. The minimum absolute atomic E-state index is 0.677. The number of hydrogen-bond acceptors (Lipinski definition) is 1. The van der Waals surface area contributed by atoms with Crippen molar-refractivity contribution < 1.29 is 0 Å². The van der Waals surface area contributed by atoms with Gasteiger partial charge in [0.15, 0.2) is 0 Å².